The Hall–Kier alpha value is -3.62. The van der Waals surface area contributed by atoms with Gasteiger partial charge in [-0.05, 0) is 49.6 Å². The number of carbonyl (C=O) groups is 6. The average Bonchev–Trinajstić information content (AvgIpc) is 3.33. The molecular weight excluding hydrogens is 957 g/mol. The molecule has 18 atom stereocenters. The number of carboxylic acid groups (broad SMARTS) is 1. The number of amides is 5. The SMILES string of the molecule is CC[C@@H](C)[C@@H](C)C1OC(OC)(C(=O)N(C)C)CC(C)C1NC(C)=O.CC[C@@H](C)[C@@H](C)C1OC(OC)(C(=O)O)CC(C)C1NC(C)=O.CNC.COC1(C(=O)N(C)C)CC(O)C(NC(C)=O)C(C(O)C(O)CO)O1. The molecule has 0 saturated carbocycles. The molecular formula is C50H96N6O17. The summed E-state index contributed by atoms with van der Waals surface area (Å²) in [5.74, 6) is -6.44. The van der Waals surface area contributed by atoms with E-state index in [-0.39, 0.29) is 72.4 Å². The maximum absolute atomic E-state index is 12.7. The highest BCUT2D eigenvalue weighted by Gasteiger charge is 2.57. The van der Waals surface area contributed by atoms with Crippen LogP contribution in [0.5, 0.6) is 0 Å². The molecule has 3 fully saturated rings. The van der Waals surface area contributed by atoms with Crippen LogP contribution in [0.2, 0.25) is 0 Å². The maximum atomic E-state index is 12.7. The van der Waals surface area contributed by atoms with E-state index in [0.717, 1.165) is 12.8 Å². The maximum Gasteiger partial charge on any atom is 0.364 e. The third-order valence-corrected chi connectivity index (χ3v) is 14.3. The Morgan fingerprint density at radius 3 is 1.23 bits per heavy atom. The summed E-state index contributed by atoms with van der Waals surface area (Å²) in [6.07, 6.45) is -4.35. The van der Waals surface area contributed by atoms with E-state index in [9.17, 15) is 49.2 Å². The number of ether oxygens (including phenoxy) is 6. The van der Waals surface area contributed by atoms with Crippen LogP contribution >= 0.6 is 0 Å². The Morgan fingerprint density at radius 2 is 0.932 bits per heavy atom. The van der Waals surface area contributed by atoms with Gasteiger partial charge in [0.25, 0.3) is 23.4 Å². The van der Waals surface area contributed by atoms with Crippen molar-refractivity contribution in [3.05, 3.63) is 0 Å². The molecule has 3 saturated heterocycles. The van der Waals surface area contributed by atoms with E-state index in [1.807, 2.05) is 34.9 Å². The molecule has 9 N–H and O–H groups in total. The first-order valence-electron chi connectivity index (χ1n) is 25.2. The normalized spacial score (nSPS) is 32.2. The number of hydrogen-bond donors (Lipinski definition) is 9. The van der Waals surface area contributed by atoms with Gasteiger partial charge in [-0.3, -0.25) is 24.0 Å². The number of rotatable bonds is 18. The molecule has 0 aromatic heterocycles. The molecule has 3 heterocycles. The smallest absolute Gasteiger partial charge is 0.364 e. The van der Waals surface area contributed by atoms with Crippen molar-refractivity contribution < 1.29 is 82.7 Å². The van der Waals surface area contributed by atoms with Crippen LogP contribution in [-0.2, 0) is 57.2 Å². The van der Waals surface area contributed by atoms with Gasteiger partial charge in [-0.2, -0.15) is 0 Å². The van der Waals surface area contributed by atoms with Gasteiger partial charge in [-0.25, -0.2) is 4.79 Å². The highest BCUT2D eigenvalue weighted by molar-refractivity contribution is 5.84. The molecule has 14 unspecified atom stereocenters. The highest BCUT2D eigenvalue weighted by atomic mass is 16.7. The summed E-state index contributed by atoms with van der Waals surface area (Å²) in [5.41, 5.74) is 0. The Kier molecular flexibility index (Phi) is 29.9. The number of hydrogen-bond acceptors (Lipinski definition) is 17. The standard InChI is InChI=1S/C18H34N2O4.C16H29NO5.C14H26N2O8.C2H7N/c1-9-11(2)13(4)16-15(19-14(5)21)12(3)10-18(23-8,24-16)17(22)20(6)7;1-7-9(2)11(4)14-13(17-12(5)18)10(3)8-16(21-6,22-14)15(19)20;1-7(18)15-10-8(19)5-14(23-4,13(22)16(2)3)24-12(10)11(21)9(20)6-17;1-3-2/h11-13,15-16H,9-10H2,1-8H3,(H,19,21);9-11,13-14H,7-8H2,1-6H3,(H,17,18)(H,19,20);8-12,17,19-21H,5-6H2,1-4H3,(H,15,18);3H,1-2H3/t11-,12?,13-,15?,16?,18?;9-,10?,11-,13?,14?,16?;;/m11../s1. The Balaban J connectivity index is 0.00000104. The van der Waals surface area contributed by atoms with E-state index in [0.29, 0.717) is 18.3 Å². The minimum absolute atomic E-state index is 0.0583. The zero-order valence-corrected chi connectivity index (χ0v) is 47.4. The number of carbonyl (C=O) groups excluding carboxylic acids is 5. The predicted molar refractivity (Wildman–Crippen MR) is 271 cm³/mol. The van der Waals surface area contributed by atoms with E-state index in [2.05, 4.69) is 55.9 Å². The second-order valence-electron chi connectivity index (χ2n) is 20.4. The second-order valence-corrected chi connectivity index (χ2v) is 20.4. The fourth-order valence-electron chi connectivity index (χ4n) is 9.35. The first-order chi connectivity index (χ1) is 33.8. The van der Waals surface area contributed by atoms with Crippen molar-refractivity contribution in [2.45, 2.75) is 180 Å². The predicted octanol–water partition coefficient (Wildman–Crippen LogP) is 0.676. The molecule has 0 bridgehead atoms. The van der Waals surface area contributed by atoms with Crippen molar-refractivity contribution in [3.63, 3.8) is 0 Å². The minimum atomic E-state index is -1.89. The largest absolute Gasteiger partial charge is 0.477 e. The molecule has 0 spiro atoms. The lowest BCUT2D eigenvalue weighted by molar-refractivity contribution is -0.299. The van der Waals surface area contributed by atoms with Gasteiger partial charge in [0.1, 0.15) is 18.3 Å². The van der Waals surface area contributed by atoms with Crippen LogP contribution in [0.15, 0.2) is 0 Å². The average molecular weight is 1050 g/mol. The number of nitrogens with one attached hydrogen (secondary N) is 4. The molecule has 0 aromatic rings. The van der Waals surface area contributed by atoms with Crippen LogP contribution in [-0.4, -0.2) is 213 Å². The van der Waals surface area contributed by atoms with Crippen molar-refractivity contribution >= 4 is 35.5 Å². The van der Waals surface area contributed by atoms with E-state index < -0.39 is 78.3 Å². The molecule has 3 aliphatic rings. The molecule has 23 nitrogen and oxygen atoms in total. The first kappa shape index (κ1) is 69.4. The lowest BCUT2D eigenvalue weighted by Crippen LogP contribution is -2.68. The fourth-order valence-corrected chi connectivity index (χ4v) is 9.35. The van der Waals surface area contributed by atoms with Crippen molar-refractivity contribution in [2.24, 2.45) is 35.5 Å². The number of aliphatic hydroxyl groups is 4. The topological polar surface area (TPSA) is 314 Å². The first-order valence-corrected chi connectivity index (χ1v) is 25.2. The lowest BCUT2D eigenvalue weighted by atomic mass is 9.77. The van der Waals surface area contributed by atoms with Gasteiger partial charge in [0, 0.05) is 89.6 Å². The summed E-state index contributed by atoms with van der Waals surface area (Å²) in [6.45, 7) is 20.0. The van der Waals surface area contributed by atoms with Gasteiger partial charge in [0.2, 0.25) is 23.5 Å². The number of nitrogens with zero attached hydrogens (tertiary/aromatic N) is 2. The molecule has 3 aliphatic heterocycles. The minimum Gasteiger partial charge on any atom is -0.477 e. The van der Waals surface area contributed by atoms with E-state index >= 15 is 0 Å². The molecule has 428 valence electrons. The summed E-state index contributed by atoms with van der Waals surface area (Å²) in [4.78, 5) is 74.0. The fraction of sp³-hybridized carbons (Fsp3) is 0.880. The lowest BCUT2D eigenvalue weighted by Gasteiger charge is -2.49. The van der Waals surface area contributed by atoms with E-state index in [1.165, 1.54) is 66.0 Å². The zero-order valence-electron chi connectivity index (χ0n) is 47.4. The van der Waals surface area contributed by atoms with Crippen molar-refractivity contribution in [1.29, 1.82) is 0 Å². The molecule has 0 radical (unpaired) electrons. The quantitative estimate of drug-likeness (QED) is 0.0912. The molecule has 0 aliphatic carbocycles. The van der Waals surface area contributed by atoms with Crippen LogP contribution in [0.25, 0.3) is 0 Å². The number of aliphatic carboxylic acids is 1. The van der Waals surface area contributed by atoms with Crippen molar-refractivity contribution in [1.82, 2.24) is 31.1 Å². The summed E-state index contributed by atoms with van der Waals surface area (Å²) in [6, 6.07) is -1.45. The van der Waals surface area contributed by atoms with Crippen molar-refractivity contribution in [3.8, 4) is 0 Å². The Bertz CT molecular complexity index is 1650. The Morgan fingerprint density at radius 1 is 0.616 bits per heavy atom. The van der Waals surface area contributed by atoms with Gasteiger partial charge >= 0.3 is 5.97 Å². The molecule has 5 amide bonds. The van der Waals surface area contributed by atoms with Gasteiger partial charge < -0.3 is 85.0 Å². The van der Waals surface area contributed by atoms with Crippen molar-refractivity contribution in [2.75, 3.05) is 70.2 Å². The number of methoxy groups -OCH3 is 3. The number of aliphatic hydroxyl groups excluding tert-OH is 4. The van der Waals surface area contributed by atoms with Gasteiger partial charge in [-0.1, -0.05) is 68.2 Å². The van der Waals surface area contributed by atoms with Crippen LogP contribution in [0.3, 0.4) is 0 Å². The van der Waals surface area contributed by atoms with Gasteiger partial charge in [-0.15, -0.1) is 0 Å². The third kappa shape index (κ3) is 18.6. The van der Waals surface area contributed by atoms with E-state index in [1.54, 1.807) is 14.1 Å². The van der Waals surface area contributed by atoms with Crippen LogP contribution in [0.4, 0.5) is 0 Å². The highest BCUT2D eigenvalue weighted by Crippen LogP contribution is 2.41. The second kappa shape index (κ2) is 31.4. The van der Waals surface area contributed by atoms with Crippen LogP contribution < -0.4 is 21.3 Å². The molecule has 73 heavy (non-hydrogen) atoms. The van der Waals surface area contributed by atoms with Crippen LogP contribution in [0, 0.1) is 35.5 Å². The zero-order chi connectivity index (χ0) is 57.1. The van der Waals surface area contributed by atoms with E-state index in [4.69, 9.17) is 33.5 Å². The summed E-state index contributed by atoms with van der Waals surface area (Å²) < 4.78 is 33.8. The molecule has 0 aromatic carbocycles. The molecule has 23 heteroatoms. The summed E-state index contributed by atoms with van der Waals surface area (Å²) in [5, 5.41) is 60.0. The summed E-state index contributed by atoms with van der Waals surface area (Å²) in [7, 11) is 14.1. The van der Waals surface area contributed by atoms with Gasteiger partial charge in [0.05, 0.1) is 43.0 Å². The number of likely N-dealkylation sites (N-methyl/N-ethyl adjacent to an activating group) is 2. The summed E-state index contributed by atoms with van der Waals surface area (Å²) >= 11 is 0. The van der Waals surface area contributed by atoms with Gasteiger partial charge in [0.15, 0.2) is 0 Å². The Labute approximate surface area is 434 Å². The molecule has 3 rings (SSSR count). The van der Waals surface area contributed by atoms with Crippen LogP contribution in [0.1, 0.15) is 108 Å². The number of carboxylic acids is 1. The third-order valence-electron chi connectivity index (χ3n) is 14.3. The monoisotopic (exact) mass is 1050 g/mol.